The van der Waals surface area contributed by atoms with Gasteiger partial charge in [-0.1, -0.05) is 17.7 Å². The summed E-state index contributed by atoms with van der Waals surface area (Å²) in [7, 11) is 0. The smallest absolute Gasteiger partial charge is 0.379 e. The van der Waals surface area contributed by atoms with Gasteiger partial charge in [-0.25, -0.2) is 4.79 Å². The fourth-order valence-corrected chi connectivity index (χ4v) is 1.78. The summed E-state index contributed by atoms with van der Waals surface area (Å²) in [4.78, 5) is 11.1. The molecule has 1 aromatic carbocycles. The molecule has 0 saturated carbocycles. The Balaban J connectivity index is 3.01. The first-order valence-electron chi connectivity index (χ1n) is 5.06. The molecular weight excluding hydrogens is 331 g/mol. The molecule has 0 amide bonds. The quantitative estimate of drug-likeness (QED) is 0.854. The van der Waals surface area contributed by atoms with Gasteiger partial charge in [0.2, 0.25) is 0 Å². The van der Waals surface area contributed by atoms with Gasteiger partial charge in [-0.15, -0.1) is 0 Å². The molecule has 7 heteroatoms. The standard InChI is InChI=1S/C11H11BrClF2NO2/c1-2-18-10(17)11(14,15)9(16)6-3-4-8(13)7(12)5-6/h3-5,9H,2,16H2,1H3/t9-/m0/s1. The molecule has 3 nitrogen and oxygen atoms in total. The van der Waals surface area contributed by atoms with Crippen LogP contribution in [0.25, 0.3) is 0 Å². The third-order valence-electron chi connectivity index (χ3n) is 2.24. The number of hydrogen-bond acceptors (Lipinski definition) is 3. The molecule has 0 heterocycles. The molecule has 0 aliphatic heterocycles. The van der Waals surface area contributed by atoms with Crippen molar-refractivity contribution in [3.63, 3.8) is 0 Å². The van der Waals surface area contributed by atoms with Crippen molar-refractivity contribution in [3.8, 4) is 0 Å². The van der Waals surface area contributed by atoms with E-state index in [1.54, 1.807) is 0 Å². The maximum Gasteiger partial charge on any atom is 0.379 e. The summed E-state index contributed by atoms with van der Waals surface area (Å²) in [6.45, 7) is 1.31. The highest BCUT2D eigenvalue weighted by molar-refractivity contribution is 9.10. The molecule has 0 aromatic heterocycles. The van der Waals surface area contributed by atoms with Crippen LogP contribution in [0.2, 0.25) is 5.02 Å². The maximum atomic E-state index is 13.7. The van der Waals surface area contributed by atoms with Crippen LogP contribution in [0.15, 0.2) is 22.7 Å². The fraction of sp³-hybridized carbons (Fsp3) is 0.364. The normalized spacial score (nSPS) is 13.2. The topological polar surface area (TPSA) is 52.3 Å². The average Bonchev–Trinajstić information content (AvgIpc) is 2.32. The number of rotatable bonds is 4. The lowest BCUT2D eigenvalue weighted by Gasteiger charge is -2.22. The average molecular weight is 343 g/mol. The lowest BCUT2D eigenvalue weighted by atomic mass is 10.0. The van der Waals surface area contributed by atoms with E-state index in [9.17, 15) is 13.6 Å². The maximum absolute atomic E-state index is 13.7. The van der Waals surface area contributed by atoms with Gasteiger partial charge in [0.25, 0.3) is 0 Å². The SMILES string of the molecule is CCOC(=O)C(F)(F)[C@@H](N)c1ccc(Cl)c(Br)c1. The Labute approximate surface area is 116 Å². The Morgan fingerprint density at radius 3 is 2.72 bits per heavy atom. The molecule has 0 spiro atoms. The van der Waals surface area contributed by atoms with Crippen LogP contribution in [-0.2, 0) is 9.53 Å². The minimum atomic E-state index is -3.79. The van der Waals surface area contributed by atoms with Gasteiger partial charge in [0.05, 0.1) is 11.6 Å². The van der Waals surface area contributed by atoms with Crippen molar-refractivity contribution in [2.45, 2.75) is 18.9 Å². The predicted molar refractivity (Wildman–Crippen MR) is 67.7 cm³/mol. The second-order valence-electron chi connectivity index (χ2n) is 3.49. The molecule has 0 fully saturated rings. The van der Waals surface area contributed by atoms with Gasteiger partial charge in [-0.3, -0.25) is 0 Å². The van der Waals surface area contributed by atoms with E-state index in [1.165, 1.54) is 25.1 Å². The van der Waals surface area contributed by atoms with Crippen LogP contribution in [0.1, 0.15) is 18.5 Å². The summed E-state index contributed by atoms with van der Waals surface area (Å²) in [6, 6.07) is 2.32. The Morgan fingerprint density at radius 1 is 1.61 bits per heavy atom. The summed E-state index contributed by atoms with van der Waals surface area (Å²) in [6.07, 6.45) is 0. The molecule has 100 valence electrons. The Hall–Kier alpha value is -0.720. The lowest BCUT2D eigenvalue weighted by molar-refractivity contribution is -0.174. The van der Waals surface area contributed by atoms with Crippen molar-refractivity contribution in [1.29, 1.82) is 0 Å². The molecule has 0 radical (unpaired) electrons. The summed E-state index contributed by atoms with van der Waals surface area (Å²) in [5, 5.41) is 0.366. The van der Waals surface area contributed by atoms with Gasteiger partial charge in [-0.05, 0) is 40.5 Å². The summed E-state index contributed by atoms with van der Waals surface area (Å²) >= 11 is 8.85. The molecule has 0 unspecified atom stereocenters. The van der Waals surface area contributed by atoms with E-state index >= 15 is 0 Å². The highest BCUT2D eigenvalue weighted by Gasteiger charge is 2.47. The van der Waals surface area contributed by atoms with Gasteiger partial charge in [0.15, 0.2) is 0 Å². The molecule has 0 bridgehead atoms. The number of halogens is 4. The Kier molecular flexibility index (Phi) is 5.07. The van der Waals surface area contributed by atoms with Crippen molar-refractivity contribution >= 4 is 33.5 Å². The molecule has 2 N–H and O–H groups in total. The van der Waals surface area contributed by atoms with Crippen molar-refractivity contribution in [2.75, 3.05) is 6.61 Å². The van der Waals surface area contributed by atoms with Crippen LogP contribution in [0.5, 0.6) is 0 Å². The number of nitrogens with two attached hydrogens (primary N) is 1. The van der Waals surface area contributed by atoms with Crippen molar-refractivity contribution < 1.29 is 18.3 Å². The molecule has 0 aliphatic rings. The molecule has 0 saturated heterocycles. The van der Waals surface area contributed by atoms with E-state index in [-0.39, 0.29) is 12.2 Å². The van der Waals surface area contributed by atoms with Crippen LogP contribution < -0.4 is 5.73 Å². The fourth-order valence-electron chi connectivity index (χ4n) is 1.27. The largest absolute Gasteiger partial charge is 0.462 e. The lowest BCUT2D eigenvalue weighted by Crippen LogP contribution is -2.41. The first-order chi connectivity index (χ1) is 8.30. The highest BCUT2D eigenvalue weighted by atomic mass is 79.9. The second-order valence-corrected chi connectivity index (χ2v) is 4.76. The second kappa shape index (κ2) is 5.95. The van der Waals surface area contributed by atoms with E-state index < -0.39 is 17.9 Å². The van der Waals surface area contributed by atoms with E-state index in [0.29, 0.717) is 9.50 Å². The predicted octanol–water partition coefficient (Wildman–Crippen LogP) is 3.30. The molecule has 1 atom stereocenters. The van der Waals surface area contributed by atoms with Gasteiger partial charge in [-0.2, -0.15) is 8.78 Å². The van der Waals surface area contributed by atoms with Crippen LogP contribution in [0.4, 0.5) is 8.78 Å². The van der Waals surface area contributed by atoms with Crippen LogP contribution in [-0.4, -0.2) is 18.5 Å². The molecule has 18 heavy (non-hydrogen) atoms. The monoisotopic (exact) mass is 341 g/mol. The van der Waals surface area contributed by atoms with Crippen molar-refractivity contribution in [1.82, 2.24) is 0 Å². The van der Waals surface area contributed by atoms with E-state index in [1.807, 2.05) is 0 Å². The zero-order valence-electron chi connectivity index (χ0n) is 9.42. The van der Waals surface area contributed by atoms with Crippen molar-refractivity contribution in [3.05, 3.63) is 33.3 Å². The number of benzene rings is 1. The zero-order chi connectivity index (χ0) is 13.9. The zero-order valence-corrected chi connectivity index (χ0v) is 11.8. The molecule has 1 rings (SSSR count). The molecular formula is C11H11BrClF2NO2. The van der Waals surface area contributed by atoms with Crippen LogP contribution in [0.3, 0.4) is 0 Å². The Bertz CT molecular complexity index is 457. The summed E-state index contributed by atoms with van der Waals surface area (Å²) < 4.78 is 32.1. The Morgan fingerprint density at radius 2 is 2.22 bits per heavy atom. The number of hydrogen-bond donors (Lipinski definition) is 1. The van der Waals surface area contributed by atoms with Crippen LogP contribution in [0, 0.1) is 0 Å². The first kappa shape index (κ1) is 15.3. The third kappa shape index (κ3) is 3.18. The number of ether oxygens (including phenoxy) is 1. The van der Waals surface area contributed by atoms with Gasteiger partial charge in [0, 0.05) is 4.47 Å². The van der Waals surface area contributed by atoms with Gasteiger partial charge in [0.1, 0.15) is 6.04 Å². The van der Waals surface area contributed by atoms with Gasteiger partial charge >= 0.3 is 11.9 Å². The number of carbonyl (C=O) groups excluding carboxylic acids is 1. The van der Waals surface area contributed by atoms with Gasteiger partial charge < -0.3 is 10.5 Å². The minimum Gasteiger partial charge on any atom is -0.462 e. The minimum absolute atomic E-state index is 0.0873. The molecule has 1 aromatic rings. The van der Waals surface area contributed by atoms with Crippen molar-refractivity contribution in [2.24, 2.45) is 5.73 Å². The highest BCUT2D eigenvalue weighted by Crippen LogP contribution is 2.33. The number of carbonyl (C=O) groups is 1. The summed E-state index contributed by atoms with van der Waals surface area (Å²) in [5.41, 5.74) is 5.50. The number of esters is 1. The number of alkyl halides is 2. The molecule has 0 aliphatic carbocycles. The third-order valence-corrected chi connectivity index (χ3v) is 3.45. The first-order valence-corrected chi connectivity index (χ1v) is 6.23. The van der Waals surface area contributed by atoms with E-state index in [4.69, 9.17) is 17.3 Å². The van der Waals surface area contributed by atoms with E-state index in [2.05, 4.69) is 20.7 Å². The summed E-state index contributed by atoms with van der Waals surface area (Å²) in [5.74, 6) is -5.42. The van der Waals surface area contributed by atoms with E-state index in [0.717, 1.165) is 0 Å². The van der Waals surface area contributed by atoms with Crippen LogP contribution >= 0.6 is 27.5 Å².